The summed E-state index contributed by atoms with van der Waals surface area (Å²) in [6, 6.07) is 7.46. The lowest BCUT2D eigenvalue weighted by Gasteiger charge is -2.33. The summed E-state index contributed by atoms with van der Waals surface area (Å²) in [4.78, 5) is 37.0. The van der Waals surface area contributed by atoms with Gasteiger partial charge in [-0.05, 0) is 19.4 Å². The first-order chi connectivity index (χ1) is 10.2. The zero-order valence-electron chi connectivity index (χ0n) is 13.0. The first-order valence-corrected chi connectivity index (χ1v) is 7.24. The molecule has 116 valence electrons. The molecule has 0 bridgehead atoms. The van der Waals surface area contributed by atoms with Crippen molar-refractivity contribution in [2.45, 2.75) is 39.4 Å². The Labute approximate surface area is 128 Å². The molecule has 1 aliphatic carbocycles. The third kappa shape index (κ3) is 1.88. The molecule has 5 nitrogen and oxygen atoms in total. The summed E-state index contributed by atoms with van der Waals surface area (Å²) in [7, 11) is 0. The van der Waals surface area contributed by atoms with Gasteiger partial charge in [0.2, 0.25) is 0 Å². The highest BCUT2D eigenvalue weighted by atomic mass is 16.7. The molecular weight excluding hydrogens is 284 g/mol. The molecule has 0 unspecified atom stereocenters. The summed E-state index contributed by atoms with van der Waals surface area (Å²) in [6.07, 6.45) is 0. The van der Waals surface area contributed by atoms with Crippen LogP contribution in [0.4, 0.5) is 0 Å². The van der Waals surface area contributed by atoms with Gasteiger partial charge in [-0.15, -0.1) is 0 Å². The van der Waals surface area contributed by atoms with Gasteiger partial charge in [-0.3, -0.25) is 14.4 Å². The molecule has 3 rings (SSSR count). The maximum absolute atomic E-state index is 12.5. The van der Waals surface area contributed by atoms with Crippen molar-refractivity contribution in [3.8, 4) is 0 Å². The van der Waals surface area contributed by atoms with Gasteiger partial charge in [0, 0.05) is 19.8 Å². The molecule has 0 radical (unpaired) electrons. The van der Waals surface area contributed by atoms with E-state index in [0.717, 1.165) is 11.1 Å². The molecule has 2 fully saturated rings. The highest BCUT2D eigenvalue weighted by Gasteiger charge is 2.81. The van der Waals surface area contributed by atoms with E-state index in [0.29, 0.717) is 0 Å². The summed E-state index contributed by atoms with van der Waals surface area (Å²) in [5.74, 6) is -4.06. The van der Waals surface area contributed by atoms with Gasteiger partial charge < -0.3 is 9.47 Å². The summed E-state index contributed by atoms with van der Waals surface area (Å²) < 4.78 is 10.5. The summed E-state index contributed by atoms with van der Waals surface area (Å²) in [5.41, 5.74) is 0.323. The predicted molar refractivity (Wildman–Crippen MR) is 76.8 cm³/mol. The van der Waals surface area contributed by atoms with Crippen LogP contribution in [0.1, 0.15) is 37.8 Å². The summed E-state index contributed by atoms with van der Waals surface area (Å²) in [6.45, 7) is 6.34. The average molecular weight is 302 g/mol. The standard InChI is InChI=1S/C17H18O5/c1-9-5-7-11(8-6-9)13-12(10(2)18)17(13)14(19)21-16(3,4)22-15(17)20/h5-8,12-13H,1-4H3/t12-,13+/m1/s1. The zero-order chi connectivity index (χ0) is 16.3. The molecule has 22 heavy (non-hydrogen) atoms. The topological polar surface area (TPSA) is 69.7 Å². The number of ether oxygens (including phenoxy) is 2. The fraction of sp³-hybridized carbons (Fsp3) is 0.471. The van der Waals surface area contributed by atoms with Crippen molar-refractivity contribution in [2.75, 3.05) is 0 Å². The van der Waals surface area contributed by atoms with Crippen LogP contribution in [0.5, 0.6) is 0 Å². The highest BCUT2D eigenvalue weighted by molar-refractivity contribution is 6.13. The van der Waals surface area contributed by atoms with E-state index in [9.17, 15) is 14.4 Å². The number of cyclic esters (lactones) is 2. The van der Waals surface area contributed by atoms with Crippen LogP contribution in [0.3, 0.4) is 0 Å². The Hall–Kier alpha value is -2.17. The minimum absolute atomic E-state index is 0.209. The Morgan fingerprint density at radius 3 is 2.00 bits per heavy atom. The van der Waals surface area contributed by atoms with E-state index in [1.54, 1.807) is 0 Å². The number of esters is 2. The molecular formula is C17H18O5. The van der Waals surface area contributed by atoms with Gasteiger partial charge in [-0.2, -0.15) is 0 Å². The molecule has 5 heteroatoms. The Morgan fingerprint density at radius 2 is 1.55 bits per heavy atom. The van der Waals surface area contributed by atoms with Crippen molar-refractivity contribution >= 4 is 17.7 Å². The smallest absolute Gasteiger partial charge is 0.328 e. The number of hydrogen-bond donors (Lipinski definition) is 0. The van der Waals surface area contributed by atoms with Crippen molar-refractivity contribution in [3.05, 3.63) is 35.4 Å². The normalized spacial score (nSPS) is 28.0. The summed E-state index contributed by atoms with van der Waals surface area (Å²) >= 11 is 0. The second kappa shape index (κ2) is 4.41. The van der Waals surface area contributed by atoms with E-state index in [1.165, 1.54) is 20.8 Å². The van der Waals surface area contributed by atoms with Gasteiger partial charge in [-0.25, -0.2) is 0 Å². The number of rotatable bonds is 2. The van der Waals surface area contributed by atoms with Crippen LogP contribution in [-0.4, -0.2) is 23.5 Å². The second-order valence-electron chi connectivity index (χ2n) is 6.52. The molecule has 0 aromatic heterocycles. The Kier molecular flexibility index (Phi) is 2.96. The number of ketones is 1. The SMILES string of the molecule is CC(=O)[C@@H]1[C@H](c2ccc(C)cc2)C12C(=O)OC(C)(C)OC2=O. The maximum atomic E-state index is 12.5. The molecule has 1 heterocycles. The van der Waals surface area contributed by atoms with Gasteiger partial charge in [0.1, 0.15) is 5.78 Å². The Morgan fingerprint density at radius 1 is 1.05 bits per heavy atom. The van der Waals surface area contributed by atoms with Crippen LogP contribution < -0.4 is 0 Å². The maximum Gasteiger partial charge on any atom is 0.328 e. The third-order valence-corrected chi connectivity index (χ3v) is 4.43. The fourth-order valence-electron chi connectivity index (χ4n) is 3.40. The molecule has 0 amide bonds. The van der Waals surface area contributed by atoms with E-state index < -0.39 is 35.0 Å². The van der Waals surface area contributed by atoms with E-state index >= 15 is 0 Å². The van der Waals surface area contributed by atoms with Crippen molar-refractivity contribution in [1.29, 1.82) is 0 Å². The number of carbonyl (C=O) groups excluding carboxylic acids is 3. The Bertz CT molecular complexity index is 651. The monoisotopic (exact) mass is 302 g/mol. The number of aryl methyl sites for hydroxylation is 1. The zero-order valence-corrected chi connectivity index (χ0v) is 13.0. The van der Waals surface area contributed by atoms with Crippen molar-refractivity contribution < 1.29 is 23.9 Å². The average Bonchev–Trinajstić information content (AvgIpc) is 3.08. The second-order valence-corrected chi connectivity index (χ2v) is 6.52. The first-order valence-electron chi connectivity index (χ1n) is 7.24. The van der Waals surface area contributed by atoms with Crippen LogP contribution in [0.2, 0.25) is 0 Å². The molecule has 2 aliphatic rings. The lowest BCUT2D eigenvalue weighted by molar-refractivity contribution is -0.244. The summed E-state index contributed by atoms with van der Waals surface area (Å²) in [5, 5.41) is 0. The van der Waals surface area contributed by atoms with Gasteiger partial charge in [0.15, 0.2) is 5.41 Å². The fourth-order valence-corrected chi connectivity index (χ4v) is 3.40. The molecule has 1 aromatic rings. The van der Waals surface area contributed by atoms with Gasteiger partial charge >= 0.3 is 11.9 Å². The molecule has 1 aromatic carbocycles. The quantitative estimate of drug-likeness (QED) is 0.618. The molecule has 1 spiro atoms. The van der Waals surface area contributed by atoms with Gasteiger partial charge in [0.05, 0.1) is 5.92 Å². The minimum Gasteiger partial charge on any atom is -0.422 e. The van der Waals surface area contributed by atoms with E-state index in [4.69, 9.17) is 9.47 Å². The minimum atomic E-state index is -1.52. The third-order valence-electron chi connectivity index (χ3n) is 4.43. The number of carbonyl (C=O) groups is 3. The van der Waals surface area contributed by atoms with E-state index in [2.05, 4.69) is 0 Å². The van der Waals surface area contributed by atoms with Crippen LogP contribution in [0.25, 0.3) is 0 Å². The van der Waals surface area contributed by atoms with E-state index in [1.807, 2.05) is 31.2 Å². The largest absolute Gasteiger partial charge is 0.422 e. The molecule has 2 atom stereocenters. The lowest BCUT2D eigenvalue weighted by atomic mass is 9.96. The van der Waals surface area contributed by atoms with Crippen LogP contribution in [0.15, 0.2) is 24.3 Å². The van der Waals surface area contributed by atoms with Gasteiger partial charge in [0.25, 0.3) is 5.79 Å². The first kappa shape index (κ1) is 14.8. The molecule has 1 saturated carbocycles. The van der Waals surface area contributed by atoms with Crippen molar-refractivity contribution in [3.63, 3.8) is 0 Å². The van der Waals surface area contributed by atoms with Crippen molar-refractivity contribution in [2.24, 2.45) is 11.3 Å². The molecule has 1 saturated heterocycles. The lowest BCUT2D eigenvalue weighted by Crippen LogP contribution is -2.49. The number of Topliss-reactive ketones (excluding diaryl/α,β-unsaturated/α-hetero) is 1. The van der Waals surface area contributed by atoms with Crippen molar-refractivity contribution in [1.82, 2.24) is 0 Å². The van der Waals surface area contributed by atoms with E-state index in [-0.39, 0.29) is 5.78 Å². The van der Waals surface area contributed by atoms with Crippen LogP contribution in [-0.2, 0) is 23.9 Å². The number of benzene rings is 1. The Balaban J connectivity index is 2.05. The van der Waals surface area contributed by atoms with Crippen LogP contribution >= 0.6 is 0 Å². The highest BCUT2D eigenvalue weighted by Crippen LogP contribution is 2.68. The molecule has 0 N–H and O–H groups in total. The van der Waals surface area contributed by atoms with Crippen LogP contribution in [0, 0.1) is 18.3 Å². The number of hydrogen-bond acceptors (Lipinski definition) is 5. The predicted octanol–water partition coefficient (Wildman–Crippen LogP) is 2.12. The molecule has 1 aliphatic heterocycles. The van der Waals surface area contributed by atoms with Gasteiger partial charge in [-0.1, -0.05) is 29.8 Å².